The number of nitrogens with zero attached hydrogens (tertiary/aromatic N) is 3. The van der Waals surface area contributed by atoms with Crippen molar-refractivity contribution < 1.29 is 8.42 Å². The molecule has 8 heteroatoms. The minimum absolute atomic E-state index is 0.115. The monoisotopic (exact) mass is 309 g/mol. The van der Waals surface area contributed by atoms with E-state index in [1.807, 2.05) is 20.8 Å². The third kappa shape index (κ3) is 3.52. The summed E-state index contributed by atoms with van der Waals surface area (Å²) in [6, 6.07) is 3.27. The van der Waals surface area contributed by atoms with Crippen LogP contribution in [0, 0.1) is 0 Å². The molecule has 0 aliphatic carbocycles. The number of hydrogen-bond acceptors (Lipinski definition) is 5. The fourth-order valence-electron chi connectivity index (χ4n) is 1.79. The summed E-state index contributed by atoms with van der Waals surface area (Å²) < 4.78 is 29.1. The van der Waals surface area contributed by atoms with Gasteiger partial charge in [0.25, 0.3) is 10.0 Å². The molecule has 2 heterocycles. The molecule has 0 bridgehead atoms. The highest BCUT2D eigenvalue weighted by Gasteiger charge is 2.20. The van der Waals surface area contributed by atoms with Gasteiger partial charge in [0, 0.05) is 25.0 Å². The summed E-state index contributed by atoms with van der Waals surface area (Å²) in [6.07, 6.45) is 4.69. The average Bonchev–Trinajstić information content (AvgIpc) is 2.87. The van der Waals surface area contributed by atoms with Crippen molar-refractivity contribution in [1.82, 2.24) is 14.8 Å². The molecule has 2 rings (SSSR count). The lowest BCUT2D eigenvalue weighted by atomic mass is 10.4. The van der Waals surface area contributed by atoms with E-state index in [0.29, 0.717) is 18.1 Å². The van der Waals surface area contributed by atoms with E-state index in [9.17, 15) is 8.42 Å². The average molecular weight is 309 g/mol. The predicted octanol–water partition coefficient (Wildman–Crippen LogP) is 2.09. The van der Waals surface area contributed by atoms with Crippen molar-refractivity contribution in [2.75, 3.05) is 16.6 Å². The molecule has 2 N–H and O–H groups in total. The molecule has 0 aliphatic rings. The van der Waals surface area contributed by atoms with Crippen LogP contribution in [0.3, 0.4) is 0 Å². The third-order valence-corrected chi connectivity index (χ3v) is 4.20. The summed E-state index contributed by atoms with van der Waals surface area (Å²) in [4.78, 5) is 4.17. The van der Waals surface area contributed by atoms with Gasteiger partial charge in [0.1, 0.15) is 10.7 Å². The van der Waals surface area contributed by atoms with Crippen molar-refractivity contribution in [1.29, 1.82) is 0 Å². The second-order valence-electron chi connectivity index (χ2n) is 4.79. The predicted molar refractivity (Wildman–Crippen MR) is 81.8 cm³/mol. The van der Waals surface area contributed by atoms with Crippen molar-refractivity contribution in [2.45, 2.75) is 31.7 Å². The molecule has 21 heavy (non-hydrogen) atoms. The Balaban J connectivity index is 2.29. The molecule has 0 unspecified atom stereocenters. The van der Waals surface area contributed by atoms with E-state index < -0.39 is 10.0 Å². The molecule has 0 atom stereocenters. The molecule has 2 aromatic heterocycles. The van der Waals surface area contributed by atoms with E-state index in [0.717, 1.165) is 0 Å². The third-order valence-electron chi connectivity index (χ3n) is 2.79. The molecule has 7 nitrogen and oxygen atoms in total. The van der Waals surface area contributed by atoms with Crippen molar-refractivity contribution in [2.24, 2.45) is 0 Å². The van der Waals surface area contributed by atoms with Crippen molar-refractivity contribution in [3.8, 4) is 0 Å². The number of sulfonamides is 1. The van der Waals surface area contributed by atoms with Crippen LogP contribution < -0.4 is 10.0 Å². The maximum atomic E-state index is 12.4. The van der Waals surface area contributed by atoms with E-state index in [4.69, 9.17) is 0 Å². The van der Waals surface area contributed by atoms with E-state index >= 15 is 0 Å². The molecule has 2 aromatic rings. The van der Waals surface area contributed by atoms with Crippen molar-refractivity contribution in [3.63, 3.8) is 0 Å². The summed E-state index contributed by atoms with van der Waals surface area (Å²) >= 11 is 0. The highest BCUT2D eigenvalue weighted by molar-refractivity contribution is 7.92. The Morgan fingerprint density at radius 3 is 2.76 bits per heavy atom. The zero-order valence-electron chi connectivity index (χ0n) is 12.2. The molecule has 0 fully saturated rings. The van der Waals surface area contributed by atoms with Gasteiger partial charge in [-0.25, -0.2) is 13.4 Å². The summed E-state index contributed by atoms with van der Waals surface area (Å²) in [5, 5.41) is 7.05. The van der Waals surface area contributed by atoms with Gasteiger partial charge in [-0.05, 0) is 32.9 Å². The zero-order chi connectivity index (χ0) is 15.5. The van der Waals surface area contributed by atoms with Crippen molar-refractivity contribution in [3.05, 3.63) is 30.7 Å². The smallest absolute Gasteiger partial charge is 0.265 e. The lowest BCUT2D eigenvalue weighted by Gasteiger charge is -2.10. The summed E-state index contributed by atoms with van der Waals surface area (Å²) in [5.41, 5.74) is 0.426. The molecule has 0 radical (unpaired) electrons. The van der Waals surface area contributed by atoms with Gasteiger partial charge in [-0.3, -0.25) is 9.40 Å². The zero-order valence-corrected chi connectivity index (χ0v) is 13.1. The van der Waals surface area contributed by atoms with Crippen molar-refractivity contribution >= 4 is 21.5 Å². The Morgan fingerprint density at radius 2 is 2.14 bits per heavy atom. The van der Waals surface area contributed by atoms with Gasteiger partial charge < -0.3 is 5.32 Å². The number of aromatic nitrogens is 3. The SMILES string of the molecule is CCNc1ncccc1S(=O)(=O)Nc1cnn(C(C)C)c1. The fraction of sp³-hybridized carbons (Fsp3) is 0.385. The molecule has 0 saturated heterocycles. The molecular weight excluding hydrogens is 290 g/mol. The Kier molecular flexibility index (Phi) is 4.46. The van der Waals surface area contributed by atoms with Crippen LogP contribution in [0.25, 0.3) is 0 Å². The Hall–Kier alpha value is -2.09. The van der Waals surface area contributed by atoms with Crippen LogP contribution >= 0.6 is 0 Å². The standard InChI is InChI=1S/C13H19N5O2S/c1-4-14-13-12(6-5-7-15-13)21(19,20)17-11-8-16-18(9-11)10(2)3/h5-10,17H,4H2,1-3H3,(H,14,15). The molecule has 0 spiro atoms. The van der Waals surface area contributed by atoms with Gasteiger partial charge in [-0.1, -0.05) is 0 Å². The molecule has 0 aliphatic heterocycles. The van der Waals surface area contributed by atoms with Crippen LogP contribution in [0.2, 0.25) is 0 Å². The first-order valence-electron chi connectivity index (χ1n) is 6.70. The molecule has 0 amide bonds. The van der Waals surface area contributed by atoms with Crippen LogP contribution in [0.1, 0.15) is 26.8 Å². The lowest BCUT2D eigenvalue weighted by molar-refractivity contribution is 0.532. The van der Waals surface area contributed by atoms with Gasteiger partial charge in [-0.2, -0.15) is 5.10 Å². The number of hydrogen-bond donors (Lipinski definition) is 2. The largest absolute Gasteiger partial charge is 0.369 e. The molecule has 0 aromatic carbocycles. The number of anilines is 2. The first-order chi connectivity index (χ1) is 9.94. The lowest BCUT2D eigenvalue weighted by Crippen LogP contribution is -2.16. The number of rotatable bonds is 6. The van der Waals surface area contributed by atoms with Gasteiger partial charge in [0.05, 0.1) is 11.9 Å². The van der Waals surface area contributed by atoms with Gasteiger partial charge in [-0.15, -0.1) is 0 Å². The van der Waals surface area contributed by atoms with Gasteiger partial charge >= 0.3 is 0 Å². The minimum atomic E-state index is -3.71. The van der Waals surface area contributed by atoms with E-state index in [-0.39, 0.29) is 10.9 Å². The fourth-order valence-corrected chi connectivity index (χ4v) is 2.95. The maximum Gasteiger partial charge on any atom is 0.265 e. The maximum absolute atomic E-state index is 12.4. The number of pyridine rings is 1. The van der Waals surface area contributed by atoms with Crippen LogP contribution in [-0.4, -0.2) is 29.7 Å². The highest BCUT2D eigenvalue weighted by Crippen LogP contribution is 2.21. The summed E-state index contributed by atoms with van der Waals surface area (Å²) in [5.74, 6) is 0.337. The highest BCUT2D eigenvalue weighted by atomic mass is 32.2. The Bertz CT molecular complexity index is 709. The first-order valence-corrected chi connectivity index (χ1v) is 8.18. The van der Waals surface area contributed by atoms with E-state index in [1.165, 1.54) is 12.3 Å². The van der Waals surface area contributed by atoms with E-state index in [1.54, 1.807) is 23.1 Å². The van der Waals surface area contributed by atoms with Gasteiger partial charge in [0.2, 0.25) is 0 Å². The van der Waals surface area contributed by atoms with Crippen LogP contribution in [0.4, 0.5) is 11.5 Å². The summed E-state index contributed by atoms with van der Waals surface area (Å²) in [7, 11) is -3.71. The van der Waals surface area contributed by atoms with Crippen LogP contribution in [0.15, 0.2) is 35.6 Å². The Morgan fingerprint density at radius 1 is 1.38 bits per heavy atom. The summed E-state index contributed by atoms with van der Waals surface area (Å²) in [6.45, 7) is 6.40. The second-order valence-corrected chi connectivity index (χ2v) is 6.44. The van der Waals surface area contributed by atoms with E-state index in [2.05, 4.69) is 20.1 Å². The molecule has 0 saturated carbocycles. The van der Waals surface area contributed by atoms with Crippen LogP contribution in [-0.2, 0) is 10.0 Å². The first kappa shape index (κ1) is 15.3. The molecule has 114 valence electrons. The molecular formula is C13H19N5O2S. The number of nitrogens with one attached hydrogen (secondary N) is 2. The normalized spacial score (nSPS) is 11.6. The second kappa shape index (κ2) is 6.13. The van der Waals surface area contributed by atoms with Gasteiger partial charge in [0.15, 0.2) is 0 Å². The minimum Gasteiger partial charge on any atom is -0.369 e. The topological polar surface area (TPSA) is 88.9 Å². The Labute approximate surface area is 124 Å². The quantitative estimate of drug-likeness (QED) is 0.853. The van der Waals surface area contributed by atoms with Crippen LogP contribution in [0.5, 0.6) is 0 Å².